The maximum Gasteiger partial charge on any atom is 0.454 e. The third-order valence-electron chi connectivity index (χ3n) is 2.18. The Morgan fingerprint density at radius 1 is 1.11 bits per heavy atom. The van der Waals surface area contributed by atoms with Crippen molar-refractivity contribution < 1.29 is 26.7 Å². The lowest BCUT2D eigenvalue weighted by Crippen LogP contribution is -2.39. The highest BCUT2D eigenvalue weighted by Gasteiger charge is 2.62. The zero-order chi connectivity index (χ0) is 14.0. The van der Waals surface area contributed by atoms with Crippen LogP contribution in [0.2, 0.25) is 0 Å². The van der Waals surface area contributed by atoms with E-state index >= 15 is 0 Å². The molecule has 1 nitrogen and oxygen atoms in total. The first-order valence-electron chi connectivity index (χ1n) is 5.01. The Labute approximate surface area is 109 Å². The van der Waals surface area contributed by atoms with Gasteiger partial charge in [0.1, 0.15) is 10.6 Å². The van der Waals surface area contributed by atoms with Crippen LogP contribution in [0.5, 0.6) is 5.75 Å². The van der Waals surface area contributed by atoms with Crippen LogP contribution >= 0.6 is 15.9 Å². The zero-order valence-corrected chi connectivity index (χ0v) is 10.9. The molecule has 0 saturated carbocycles. The van der Waals surface area contributed by atoms with Gasteiger partial charge in [0.2, 0.25) is 0 Å². The topological polar surface area (TPSA) is 9.23 Å². The molecule has 1 aromatic rings. The highest BCUT2D eigenvalue weighted by molar-refractivity contribution is 9.09. The van der Waals surface area contributed by atoms with Gasteiger partial charge in [-0.3, -0.25) is 0 Å². The van der Waals surface area contributed by atoms with E-state index in [-0.39, 0.29) is 5.56 Å². The predicted molar refractivity (Wildman–Crippen MR) is 60.3 cm³/mol. The van der Waals surface area contributed by atoms with Crippen molar-refractivity contribution in [3.05, 3.63) is 29.8 Å². The van der Waals surface area contributed by atoms with E-state index in [1.54, 1.807) is 6.92 Å². The molecule has 0 amide bonds. The smallest absolute Gasteiger partial charge is 0.454 e. The maximum absolute atomic E-state index is 13.1. The highest BCUT2D eigenvalue weighted by atomic mass is 79.9. The molecule has 1 rings (SSSR count). The minimum atomic E-state index is -5.60. The minimum Gasteiger partial charge on any atom is -0.494 e. The zero-order valence-electron chi connectivity index (χ0n) is 9.27. The van der Waals surface area contributed by atoms with Gasteiger partial charge >= 0.3 is 12.1 Å². The summed E-state index contributed by atoms with van der Waals surface area (Å²) in [5.41, 5.74) is -0.166. The number of rotatable bonds is 4. The second kappa shape index (κ2) is 5.42. The molecular weight excluding hydrogens is 323 g/mol. The molecule has 0 aliphatic heterocycles. The average molecular weight is 333 g/mol. The summed E-state index contributed by atoms with van der Waals surface area (Å²) >= 11 is 2.40. The van der Waals surface area contributed by atoms with Gasteiger partial charge in [0, 0.05) is 0 Å². The fraction of sp³-hybridized carbons (Fsp3) is 0.455. The first-order valence-corrected chi connectivity index (χ1v) is 5.93. The van der Waals surface area contributed by atoms with Gasteiger partial charge in [-0.15, -0.1) is 0 Å². The largest absolute Gasteiger partial charge is 0.494 e. The third-order valence-corrected chi connectivity index (χ3v) is 3.28. The normalized spacial score (nSPS) is 14.4. The number of hydrogen-bond donors (Lipinski definition) is 0. The van der Waals surface area contributed by atoms with Crippen molar-refractivity contribution >= 4 is 15.9 Å². The lowest BCUT2D eigenvalue weighted by Gasteiger charge is -2.24. The number of benzene rings is 1. The summed E-state index contributed by atoms with van der Waals surface area (Å²) in [5, 5.41) is 0. The van der Waals surface area contributed by atoms with Crippen LogP contribution in [0.25, 0.3) is 0 Å². The van der Waals surface area contributed by atoms with Crippen LogP contribution in [0.3, 0.4) is 0 Å². The molecule has 1 aromatic carbocycles. The molecule has 0 N–H and O–H groups in total. The van der Waals surface area contributed by atoms with Crippen LogP contribution in [0, 0.1) is 0 Å². The van der Waals surface area contributed by atoms with E-state index in [9.17, 15) is 22.0 Å². The SMILES string of the molecule is CCOc1ccc(C(Br)C(F)(F)C(F)(F)F)cc1. The van der Waals surface area contributed by atoms with Crippen LogP contribution in [0.1, 0.15) is 17.3 Å². The molecule has 102 valence electrons. The van der Waals surface area contributed by atoms with Crippen molar-refractivity contribution in [3.8, 4) is 5.75 Å². The molecular formula is C11H10BrF5O. The van der Waals surface area contributed by atoms with Crippen molar-refractivity contribution in [3.63, 3.8) is 0 Å². The number of alkyl halides is 6. The Kier molecular flexibility index (Phi) is 4.58. The van der Waals surface area contributed by atoms with E-state index in [2.05, 4.69) is 15.9 Å². The Morgan fingerprint density at radius 2 is 1.61 bits per heavy atom. The summed E-state index contributed by atoms with van der Waals surface area (Å²) in [6, 6.07) is 5.03. The molecule has 0 heterocycles. The van der Waals surface area contributed by atoms with Crippen molar-refractivity contribution in [2.75, 3.05) is 6.61 Å². The van der Waals surface area contributed by atoms with Gasteiger partial charge in [-0.05, 0) is 24.6 Å². The predicted octanol–water partition coefficient (Wildman–Crippen LogP) is 4.72. The molecule has 0 radical (unpaired) electrons. The van der Waals surface area contributed by atoms with Gasteiger partial charge < -0.3 is 4.74 Å². The van der Waals surface area contributed by atoms with Crippen LogP contribution in [-0.2, 0) is 0 Å². The average Bonchev–Trinajstić information content (AvgIpc) is 2.28. The van der Waals surface area contributed by atoms with Crippen LogP contribution in [0.15, 0.2) is 24.3 Å². The second-order valence-electron chi connectivity index (χ2n) is 3.49. The monoisotopic (exact) mass is 332 g/mol. The van der Waals surface area contributed by atoms with Crippen LogP contribution < -0.4 is 4.74 Å². The molecule has 1 unspecified atom stereocenters. The fourth-order valence-corrected chi connectivity index (χ4v) is 1.82. The summed E-state index contributed by atoms with van der Waals surface area (Å²) < 4.78 is 67.7. The second-order valence-corrected chi connectivity index (χ2v) is 4.40. The number of halogens is 6. The Hall–Kier alpha value is -0.850. The van der Waals surface area contributed by atoms with Gasteiger partial charge in [0.25, 0.3) is 0 Å². The van der Waals surface area contributed by atoms with Gasteiger partial charge in [0.05, 0.1) is 6.61 Å². The van der Waals surface area contributed by atoms with E-state index < -0.39 is 16.9 Å². The van der Waals surface area contributed by atoms with Crippen molar-refractivity contribution in [1.82, 2.24) is 0 Å². The molecule has 18 heavy (non-hydrogen) atoms. The number of hydrogen-bond acceptors (Lipinski definition) is 1. The maximum atomic E-state index is 13.1. The highest BCUT2D eigenvalue weighted by Crippen LogP contribution is 2.48. The van der Waals surface area contributed by atoms with Gasteiger partial charge in [-0.2, -0.15) is 22.0 Å². The lowest BCUT2D eigenvalue weighted by molar-refractivity contribution is -0.281. The van der Waals surface area contributed by atoms with E-state index in [0.29, 0.717) is 12.4 Å². The first-order chi connectivity index (χ1) is 8.20. The Balaban J connectivity index is 2.94. The van der Waals surface area contributed by atoms with Crippen LogP contribution in [-0.4, -0.2) is 18.7 Å². The summed E-state index contributed by atoms with van der Waals surface area (Å²) in [6.07, 6.45) is -5.60. The minimum absolute atomic E-state index is 0.166. The van der Waals surface area contributed by atoms with Crippen molar-refractivity contribution in [2.24, 2.45) is 0 Å². The molecule has 7 heteroatoms. The van der Waals surface area contributed by atoms with Gasteiger partial charge in [-0.1, -0.05) is 28.1 Å². The molecule has 0 aliphatic carbocycles. The van der Waals surface area contributed by atoms with E-state index in [1.165, 1.54) is 24.3 Å². The van der Waals surface area contributed by atoms with E-state index in [4.69, 9.17) is 4.74 Å². The summed E-state index contributed by atoms with van der Waals surface area (Å²) in [7, 11) is 0. The molecule has 0 bridgehead atoms. The van der Waals surface area contributed by atoms with Crippen LogP contribution in [0.4, 0.5) is 22.0 Å². The lowest BCUT2D eigenvalue weighted by atomic mass is 10.1. The Bertz CT molecular complexity index is 387. The molecule has 0 spiro atoms. The van der Waals surface area contributed by atoms with Crippen molar-refractivity contribution in [1.29, 1.82) is 0 Å². The molecule has 0 fully saturated rings. The molecule has 0 aliphatic rings. The quantitative estimate of drug-likeness (QED) is 0.572. The standard InChI is InChI=1S/C11H10BrF5O/c1-2-18-8-5-3-7(4-6-8)9(12)10(13,14)11(15,16)17/h3-6,9H,2H2,1H3. The molecule has 0 aromatic heterocycles. The third kappa shape index (κ3) is 3.13. The van der Waals surface area contributed by atoms with E-state index in [1.807, 2.05) is 0 Å². The number of ether oxygens (including phenoxy) is 1. The summed E-state index contributed by atoms with van der Waals surface area (Å²) in [4.78, 5) is -2.12. The Morgan fingerprint density at radius 3 is 2.00 bits per heavy atom. The summed E-state index contributed by atoms with van der Waals surface area (Å²) in [5.74, 6) is -4.42. The first kappa shape index (κ1) is 15.2. The molecule has 0 saturated heterocycles. The van der Waals surface area contributed by atoms with E-state index in [0.717, 1.165) is 0 Å². The molecule has 1 atom stereocenters. The summed E-state index contributed by atoms with van der Waals surface area (Å²) in [6.45, 7) is 2.12. The van der Waals surface area contributed by atoms with Gasteiger partial charge in [-0.25, -0.2) is 0 Å². The van der Waals surface area contributed by atoms with Gasteiger partial charge in [0.15, 0.2) is 0 Å². The van der Waals surface area contributed by atoms with Crippen molar-refractivity contribution in [2.45, 2.75) is 23.8 Å². The fourth-order valence-electron chi connectivity index (χ4n) is 1.25.